The molecule has 30 heavy (non-hydrogen) atoms. The Morgan fingerprint density at radius 1 is 1.17 bits per heavy atom. The molecule has 0 aromatic heterocycles. The summed E-state index contributed by atoms with van der Waals surface area (Å²) >= 11 is 0. The van der Waals surface area contributed by atoms with E-state index in [2.05, 4.69) is 10.6 Å². The number of fused-ring (bicyclic) bond motifs is 1. The van der Waals surface area contributed by atoms with Crippen LogP contribution in [-0.2, 0) is 35.1 Å². The minimum atomic E-state index is -0.823. The Labute approximate surface area is 175 Å². The van der Waals surface area contributed by atoms with E-state index in [0.717, 1.165) is 5.56 Å². The van der Waals surface area contributed by atoms with Crippen LogP contribution in [0.5, 0.6) is 0 Å². The van der Waals surface area contributed by atoms with Gasteiger partial charge in [-0.2, -0.15) is 0 Å². The van der Waals surface area contributed by atoms with Crippen molar-refractivity contribution in [3.05, 3.63) is 41.8 Å². The van der Waals surface area contributed by atoms with Crippen molar-refractivity contribution in [2.75, 3.05) is 24.7 Å². The first kappa shape index (κ1) is 22.9. The highest BCUT2D eigenvalue weighted by Crippen LogP contribution is 2.32. The third-order valence-electron chi connectivity index (χ3n) is 4.35. The van der Waals surface area contributed by atoms with Gasteiger partial charge in [-0.3, -0.25) is 24.1 Å². The fourth-order valence-electron chi connectivity index (χ4n) is 3.10. The maximum atomic E-state index is 13.0. The third kappa shape index (κ3) is 6.07. The minimum absolute atomic E-state index is 0.168. The maximum absolute atomic E-state index is 13.0. The Bertz CT molecular complexity index is 836. The van der Waals surface area contributed by atoms with E-state index >= 15 is 0 Å². The van der Waals surface area contributed by atoms with Gasteiger partial charge in [0.25, 0.3) is 0 Å². The van der Waals surface area contributed by atoms with Crippen molar-refractivity contribution >= 4 is 29.4 Å². The molecule has 1 atom stereocenters. The van der Waals surface area contributed by atoms with Crippen LogP contribution in [0, 0.1) is 0 Å². The normalized spacial score (nSPS) is 15.2. The number of nitrogens with zero attached hydrogens (tertiary/aromatic N) is 1. The van der Waals surface area contributed by atoms with E-state index in [9.17, 15) is 19.2 Å². The van der Waals surface area contributed by atoms with Gasteiger partial charge in [0.1, 0.15) is 12.3 Å². The van der Waals surface area contributed by atoms with Crippen LogP contribution in [0.25, 0.3) is 0 Å². The number of nitrogens with one attached hydrogen (secondary N) is 2. The lowest BCUT2D eigenvalue weighted by Gasteiger charge is -2.25. The summed E-state index contributed by atoms with van der Waals surface area (Å²) in [4.78, 5) is 50.2. The van der Waals surface area contributed by atoms with Crippen molar-refractivity contribution in [2.45, 2.75) is 39.7 Å². The van der Waals surface area contributed by atoms with Gasteiger partial charge in [0.2, 0.25) is 17.7 Å². The number of hydrogen-bond donors (Lipinski definition) is 2. The molecule has 0 spiro atoms. The van der Waals surface area contributed by atoms with Crippen LogP contribution in [0.1, 0.15) is 32.8 Å². The van der Waals surface area contributed by atoms with E-state index in [1.165, 1.54) is 18.1 Å². The van der Waals surface area contributed by atoms with Crippen LogP contribution >= 0.6 is 0 Å². The van der Waals surface area contributed by atoms with Crippen molar-refractivity contribution < 1.29 is 28.7 Å². The molecule has 0 radical (unpaired) electrons. The Kier molecular flexibility index (Phi) is 8.40. The summed E-state index contributed by atoms with van der Waals surface area (Å²) in [6.45, 7) is 5.14. The van der Waals surface area contributed by atoms with Crippen LogP contribution in [0.3, 0.4) is 0 Å². The summed E-state index contributed by atoms with van der Waals surface area (Å²) in [6.07, 6.45) is 1.45. The Balaban J connectivity index is 2.21. The molecule has 3 amide bonds. The molecular weight excluding hydrogens is 390 g/mol. The van der Waals surface area contributed by atoms with Gasteiger partial charge in [-0.05, 0) is 25.5 Å². The van der Waals surface area contributed by atoms with Crippen LogP contribution in [0.4, 0.5) is 5.69 Å². The van der Waals surface area contributed by atoms with E-state index in [4.69, 9.17) is 9.47 Å². The first-order chi connectivity index (χ1) is 14.4. The lowest BCUT2D eigenvalue weighted by Crippen LogP contribution is -2.50. The molecule has 162 valence electrons. The molecule has 0 fully saturated rings. The molecule has 1 aromatic carbocycles. The second-order valence-corrected chi connectivity index (χ2v) is 6.59. The predicted molar refractivity (Wildman–Crippen MR) is 109 cm³/mol. The number of anilines is 1. The molecule has 9 nitrogen and oxygen atoms in total. The molecule has 1 aliphatic heterocycles. The summed E-state index contributed by atoms with van der Waals surface area (Å²) in [6, 6.07) is 6.38. The van der Waals surface area contributed by atoms with Gasteiger partial charge >= 0.3 is 5.97 Å². The summed E-state index contributed by atoms with van der Waals surface area (Å²) in [5.41, 5.74) is 1.70. The van der Waals surface area contributed by atoms with Crippen molar-refractivity contribution in [3.63, 3.8) is 0 Å². The van der Waals surface area contributed by atoms with E-state index in [1.807, 2.05) is 12.1 Å². The van der Waals surface area contributed by atoms with Crippen LogP contribution in [-0.4, -0.2) is 49.5 Å². The maximum Gasteiger partial charge on any atom is 0.311 e. The lowest BCUT2D eigenvalue weighted by atomic mass is 10.1. The zero-order valence-electron chi connectivity index (χ0n) is 17.4. The molecular formula is C21H27N3O6. The number of rotatable bonds is 9. The molecule has 2 rings (SSSR count). The van der Waals surface area contributed by atoms with E-state index in [-0.39, 0.29) is 31.2 Å². The molecule has 9 heteroatoms. The second kappa shape index (κ2) is 11.0. The highest BCUT2D eigenvalue weighted by molar-refractivity contribution is 6.05. The molecule has 1 aliphatic rings. The number of hydrogen-bond acceptors (Lipinski definition) is 6. The topological polar surface area (TPSA) is 114 Å². The summed E-state index contributed by atoms with van der Waals surface area (Å²) in [5.74, 6) is -1.71. The number of carbonyl (C=O) groups excluding carboxylic acids is 4. The van der Waals surface area contributed by atoms with E-state index < -0.39 is 23.8 Å². The Morgan fingerprint density at radius 3 is 2.57 bits per heavy atom. The molecule has 1 aromatic rings. The average molecular weight is 417 g/mol. The minimum Gasteiger partial charge on any atom is -0.500 e. The van der Waals surface area contributed by atoms with Crippen LogP contribution in [0.2, 0.25) is 0 Å². The number of benzene rings is 1. The SMILES string of the molecule is CCOC=C(CC(=O)OCC)NC(=O)[C@@H]1Cc2ccccc2N1C(=O)CNC(C)=O. The molecule has 2 N–H and O–H groups in total. The lowest BCUT2D eigenvalue weighted by molar-refractivity contribution is -0.142. The van der Waals surface area contributed by atoms with Crippen LogP contribution in [0.15, 0.2) is 36.2 Å². The first-order valence-electron chi connectivity index (χ1n) is 9.78. The van der Waals surface area contributed by atoms with E-state index in [0.29, 0.717) is 18.7 Å². The highest BCUT2D eigenvalue weighted by Gasteiger charge is 2.38. The van der Waals surface area contributed by atoms with Gasteiger partial charge < -0.3 is 20.1 Å². The van der Waals surface area contributed by atoms with Crippen molar-refractivity contribution in [2.24, 2.45) is 0 Å². The summed E-state index contributed by atoms with van der Waals surface area (Å²) in [5, 5.41) is 5.15. The highest BCUT2D eigenvalue weighted by atomic mass is 16.5. The molecule has 0 saturated heterocycles. The first-order valence-corrected chi connectivity index (χ1v) is 9.78. The molecule has 1 heterocycles. The van der Waals surface area contributed by atoms with E-state index in [1.54, 1.807) is 26.0 Å². The molecule has 0 saturated carbocycles. The average Bonchev–Trinajstić information content (AvgIpc) is 3.10. The Morgan fingerprint density at radius 2 is 1.90 bits per heavy atom. The van der Waals surface area contributed by atoms with Gasteiger partial charge in [-0.15, -0.1) is 0 Å². The predicted octanol–water partition coefficient (Wildman–Crippen LogP) is 1.03. The number of ether oxygens (including phenoxy) is 2. The smallest absolute Gasteiger partial charge is 0.311 e. The van der Waals surface area contributed by atoms with Gasteiger partial charge in [0.15, 0.2) is 0 Å². The number of carbonyl (C=O) groups is 4. The van der Waals surface area contributed by atoms with Crippen molar-refractivity contribution in [3.8, 4) is 0 Å². The van der Waals surface area contributed by atoms with Gasteiger partial charge in [-0.1, -0.05) is 18.2 Å². The molecule has 0 bridgehead atoms. The van der Waals surface area contributed by atoms with Crippen molar-refractivity contribution in [1.29, 1.82) is 0 Å². The van der Waals surface area contributed by atoms with Gasteiger partial charge in [0, 0.05) is 19.0 Å². The summed E-state index contributed by atoms with van der Waals surface area (Å²) < 4.78 is 10.2. The zero-order chi connectivity index (χ0) is 22.1. The number of amides is 3. The number of esters is 1. The zero-order valence-corrected chi connectivity index (χ0v) is 17.4. The number of para-hydroxylation sites is 1. The quantitative estimate of drug-likeness (QED) is 0.458. The fourth-order valence-corrected chi connectivity index (χ4v) is 3.10. The third-order valence-corrected chi connectivity index (χ3v) is 4.35. The molecule has 0 aliphatic carbocycles. The molecule has 0 unspecified atom stereocenters. The van der Waals surface area contributed by atoms with Crippen molar-refractivity contribution in [1.82, 2.24) is 10.6 Å². The Hall–Kier alpha value is -3.36. The van der Waals surface area contributed by atoms with Gasteiger partial charge in [0.05, 0.1) is 31.9 Å². The van der Waals surface area contributed by atoms with Crippen LogP contribution < -0.4 is 15.5 Å². The largest absolute Gasteiger partial charge is 0.500 e. The van der Waals surface area contributed by atoms with Gasteiger partial charge in [-0.25, -0.2) is 0 Å². The second-order valence-electron chi connectivity index (χ2n) is 6.59. The summed E-state index contributed by atoms with van der Waals surface area (Å²) in [7, 11) is 0. The standard InChI is InChI=1S/C21H27N3O6/c1-4-29-13-16(11-20(27)30-5-2)23-21(28)18-10-15-8-6-7-9-17(15)24(18)19(26)12-22-14(3)25/h6-9,13,18H,4-5,10-12H2,1-3H3,(H,22,25)(H,23,28)/t18-/m0/s1. The fraction of sp³-hybridized carbons (Fsp3) is 0.429. The monoisotopic (exact) mass is 417 g/mol.